The molecule has 100 valence electrons. The molecule has 3 nitrogen and oxygen atoms in total. The fraction of sp³-hybridized carbons (Fsp3) is 0.600. The minimum absolute atomic E-state index is 0.337. The van der Waals surface area contributed by atoms with E-state index in [1.54, 1.807) is 12.1 Å². The van der Waals surface area contributed by atoms with Gasteiger partial charge < -0.3 is 15.3 Å². The molecule has 0 radical (unpaired) electrons. The van der Waals surface area contributed by atoms with Gasteiger partial charge in [-0.15, -0.1) is 0 Å². The molecule has 1 aromatic carbocycles. The van der Waals surface area contributed by atoms with E-state index in [1.807, 2.05) is 12.1 Å². The van der Waals surface area contributed by atoms with Crippen molar-refractivity contribution >= 4 is 0 Å². The lowest BCUT2D eigenvalue weighted by Crippen LogP contribution is -2.44. The molecular weight excluding hydrogens is 224 g/mol. The SMILES string of the molecule is CC(C)N1CCC(NCc2ccc(O)cc2)CC1. The molecule has 1 saturated heterocycles. The Labute approximate surface area is 110 Å². The summed E-state index contributed by atoms with van der Waals surface area (Å²) >= 11 is 0. The van der Waals surface area contributed by atoms with Gasteiger partial charge in [-0.2, -0.15) is 0 Å². The van der Waals surface area contributed by atoms with Crippen LogP contribution in [0, 0.1) is 0 Å². The molecule has 0 bridgehead atoms. The number of phenols is 1. The summed E-state index contributed by atoms with van der Waals surface area (Å²) in [6.07, 6.45) is 2.46. The summed E-state index contributed by atoms with van der Waals surface area (Å²) in [6.45, 7) is 7.83. The van der Waals surface area contributed by atoms with E-state index in [9.17, 15) is 5.11 Å². The van der Waals surface area contributed by atoms with Crippen LogP contribution in [-0.4, -0.2) is 35.2 Å². The van der Waals surface area contributed by atoms with Crippen molar-refractivity contribution in [1.82, 2.24) is 10.2 Å². The van der Waals surface area contributed by atoms with E-state index in [0.717, 1.165) is 6.54 Å². The summed E-state index contributed by atoms with van der Waals surface area (Å²) in [6, 6.07) is 8.75. The van der Waals surface area contributed by atoms with E-state index in [2.05, 4.69) is 24.1 Å². The Bertz CT molecular complexity index is 353. The zero-order valence-corrected chi connectivity index (χ0v) is 11.4. The van der Waals surface area contributed by atoms with Crippen LogP contribution in [0.1, 0.15) is 32.3 Å². The average Bonchev–Trinajstić information content (AvgIpc) is 2.38. The predicted octanol–water partition coefficient (Wildman–Crippen LogP) is 2.35. The van der Waals surface area contributed by atoms with Crippen LogP contribution in [0.15, 0.2) is 24.3 Å². The maximum atomic E-state index is 9.23. The normalized spacial score (nSPS) is 18.4. The molecule has 0 atom stereocenters. The van der Waals surface area contributed by atoms with Gasteiger partial charge >= 0.3 is 0 Å². The van der Waals surface area contributed by atoms with Crippen molar-refractivity contribution in [2.75, 3.05) is 13.1 Å². The van der Waals surface area contributed by atoms with E-state index >= 15 is 0 Å². The molecule has 0 aromatic heterocycles. The lowest BCUT2D eigenvalue weighted by Gasteiger charge is -2.35. The van der Waals surface area contributed by atoms with Gasteiger partial charge in [-0.1, -0.05) is 12.1 Å². The molecule has 2 N–H and O–H groups in total. The first kappa shape index (κ1) is 13.4. The molecule has 1 aliphatic rings. The average molecular weight is 248 g/mol. The Hall–Kier alpha value is -1.06. The predicted molar refractivity (Wildman–Crippen MR) is 74.7 cm³/mol. The molecule has 0 aliphatic carbocycles. The number of rotatable bonds is 4. The van der Waals surface area contributed by atoms with E-state index in [0.29, 0.717) is 17.8 Å². The van der Waals surface area contributed by atoms with Crippen LogP contribution in [-0.2, 0) is 6.54 Å². The van der Waals surface area contributed by atoms with Crippen molar-refractivity contribution in [2.24, 2.45) is 0 Å². The van der Waals surface area contributed by atoms with E-state index in [1.165, 1.54) is 31.5 Å². The molecule has 0 amide bonds. The number of hydrogen-bond donors (Lipinski definition) is 2. The molecule has 0 spiro atoms. The molecule has 2 rings (SSSR count). The highest BCUT2D eigenvalue weighted by Crippen LogP contribution is 2.14. The van der Waals surface area contributed by atoms with Crippen molar-refractivity contribution in [2.45, 2.75) is 45.3 Å². The van der Waals surface area contributed by atoms with Gasteiger partial charge in [-0.3, -0.25) is 0 Å². The molecule has 3 heteroatoms. The maximum Gasteiger partial charge on any atom is 0.115 e. The third-order valence-corrected chi connectivity index (χ3v) is 3.79. The fourth-order valence-electron chi connectivity index (χ4n) is 2.50. The number of phenolic OH excluding ortho intramolecular Hbond substituents is 1. The molecule has 0 saturated carbocycles. The third-order valence-electron chi connectivity index (χ3n) is 3.79. The number of nitrogens with one attached hydrogen (secondary N) is 1. The van der Waals surface area contributed by atoms with Crippen molar-refractivity contribution in [3.05, 3.63) is 29.8 Å². The number of nitrogens with zero attached hydrogens (tertiary/aromatic N) is 1. The van der Waals surface area contributed by atoms with Crippen LogP contribution in [0.25, 0.3) is 0 Å². The third kappa shape index (κ3) is 3.72. The monoisotopic (exact) mass is 248 g/mol. The topological polar surface area (TPSA) is 35.5 Å². The number of piperidine rings is 1. The standard InChI is InChI=1S/C15H24N2O/c1-12(2)17-9-7-14(8-10-17)16-11-13-3-5-15(18)6-4-13/h3-6,12,14,16,18H,7-11H2,1-2H3. The largest absolute Gasteiger partial charge is 0.508 e. The molecule has 1 heterocycles. The van der Waals surface area contributed by atoms with Gasteiger partial charge in [0.15, 0.2) is 0 Å². The van der Waals surface area contributed by atoms with Gasteiger partial charge in [0.1, 0.15) is 5.75 Å². The molecule has 0 unspecified atom stereocenters. The highest BCUT2D eigenvalue weighted by molar-refractivity contribution is 5.25. The lowest BCUT2D eigenvalue weighted by molar-refractivity contribution is 0.161. The first-order chi connectivity index (χ1) is 8.65. The van der Waals surface area contributed by atoms with Crippen LogP contribution >= 0.6 is 0 Å². The Kier molecular flexibility index (Phi) is 4.61. The van der Waals surface area contributed by atoms with E-state index in [-0.39, 0.29) is 0 Å². The molecule has 1 aromatic rings. The number of likely N-dealkylation sites (tertiary alicyclic amines) is 1. The molecule has 1 fully saturated rings. The Morgan fingerprint density at radius 3 is 2.39 bits per heavy atom. The van der Waals surface area contributed by atoms with E-state index < -0.39 is 0 Å². The van der Waals surface area contributed by atoms with Crippen LogP contribution in [0.4, 0.5) is 0 Å². The number of hydrogen-bond acceptors (Lipinski definition) is 3. The Morgan fingerprint density at radius 2 is 1.83 bits per heavy atom. The summed E-state index contributed by atoms with van der Waals surface area (Å²) in [5, 5.41) is 12.8. The lowest BCUT2D eigenvalue weighted by atomic mass is 10.0. The van der Waals surface area contributed by atoms with Crippen LogP contribution in [0.5, 0.6) is 5.75 Å². The van der Waals surface area contributed by atoms with Gasteiger partial charge in [-0.25, -0.2) is 0 Å². The van der Waals surface area contributed by atoms with Crippen LogP contribution in [0.2, 0.25) is 0 Å². The van der Waals surface area contributed by atoms with Crippen LogP contribution in [0.3, 0.4) is 0 Å². The molecule has 1 aliphatic heterocycles. The summed E-state index contributed by atoms with van der Waals surface area (Å²) in [5.41, 5.74) is 1.24. The highest BCUT2D eigenvalue weighted by Gasteiger charge is 2.19. The van der Waals surface area contributed by atoms with Gasteiger partial charge in [-0.05, 0) is 57.5 Å². The van der Waals surface area contributed by atoms with Crippen molar-refractivity contribution in [3.8, 4) is 5.75 Å². The summed E-state index contributed by atoms with van der Waals surface area (Å²) in [7, 11) is 0. The Balaban J connectivity index is 1.74. The number of aromatic hydroxyl groups is 1. The van der Waals surface area contributed by atoms with Crippen molar-refractivity contribution in [3.63, 3.8) is 0 Å². The second kappa shape index (κ2) is 6.21. The van der Waals surface area contributed by atoms with E-state index in [4.69, 9.17) is 0 Å². The summed E-state index contributed by atoms with van der Waals surface area (Å²) < 4.78 is 0. The summed E-state index contributed by atoms with van der Waals surface area (Å²) in [4.78, 5) is 2.54. The number of benzene rings is 1. The van der Waals surface area contributed by atoms with Crippen molar-refractivity contribution < 1.29 is 5.11 Å². The minimum Gasteiger partial charge on any atom is -0.508 e. The minimum atomic E-state index is 0.337. The second-order valence-electron chi connectivity index (χ2n) is 5.45. The zero-order chi connectivity index (χ0) is 13.0. The smallest absolute Gasteiger partial charge is 0.115 e. The molecule has 18 heavy (non-hydrogen) atoms. The first-order valence-electron chi connectivity index (χ1n) is 6.90. The maximum absolute atomic E-state index is 9.23. The summed E-state index contributed by atoms with van der Waals surface area (Å²) in [5.74, 6) is 0.337. The Morgan fingerprint density at radius 1 is 1.22 bits per heavy atom. The van der Waals surface area contributed by atoms with Crippen LogP contribution < -0.4 is 5.32 Å². The fourth-order valence-corrected chi connectivity index (χ4v) is 2.50. The second-order valence-corrected chi connectivity index (χ2v) is 5.45. The van der Waals surface area contributed by atoms with Crippen molar-refractivity contribution in [1.29, 1.82) is 0 Å². The zero-order valence-electron chi connectivity index (χ0n) is 11.4. The molecular formula is C15H24N2O. The quantitative estimate of drug-likeness (QED) is 0.858. The van der Waals surface area contributed by atoms with Gasteiger partial charge in [0.2, 0.25) is 0 Å². The van der Waals surface area contributed by atoms with Gasteiger partial charge in [0.25, 0.3) is 0 Å². The van der Waals surface area contributed by atoms with Gasteiger partial charge in [0.05, 0.1) is 0 Å². The highest BCUT2D eigenvalue weighted by atomic mass is 16.3. The van der Waals surface area contributed by atoms with Gasteiger partial charge in [0, 0.05) is 18.6 Å². The first-order valence-corrected chi connectivity index (χ1v) is 6.90.